The molecule has 0 aromatic carbocycles. The minimum Gasteiger partial charge on any atom is -0.478 e. The number of carboxylic acids is 1. The van der Waals surface area contributed by atoms with Crippen molar-refractivity contribution in [2.24, 2.45) is 0 Å². The molecule has 122 valence electrons. The number of anilines is 1. The summed E-state index contributed by atoms with van der Waals surface area (Å²) in [4.78, 5) is 17.2. The number of rotatable bonds is 3. The van der Waals surface area contributed by atoms with Gasteiger partial charge in [-0.15, -0.1) is 0 Å². The molecule has 1 aliphatic heterocycles. The number of aliphatic hydroxyl groups excluding tert-OH is 1. The number of halogens is 3. The fraction of sp³-hybridized carbons (Fsp3) is 0.571. The number of carboxylic acid groups (broad SMARTS) is 1. The topological polar surface area (TPSA) is 73.7 Å². The van der Waals surface area contributed by atoms with E-state index in [1.165, 1.54) is 11.8 Å². The molecule has 1 saturated heterocycles. The molecule has 0 amide bonds. The van der Waals surface area contributed by atoms with Crippen molar-refractivity contribution >= 4 is 23.4 Å². The zero-order valence-corrected chi connectivity index (χ0v) is 12.8. The van der Waals surface area contributed by atoms with Crippen molar-refractivity contribution in [3.8, 4) is 0 Å². The number of nitrogens with zero attached hydrogens (tertiary/aromatic N) is 2. The first kappa shape index (κ1) is 16.9. The summed E-state index contributed by atoms with van der Waals surface area (Å²) in [5, 5.41) is 18.8. The molecule has 1 fully saturated rings. The Morgan fingerprint density at radius 2 is 2.09 bits per heavy atom. The van der Waals surface area contributed by atoms with Gasteiger partial charge in [-0.1, -0.05) is 11.6 Å². The summed E-state index contributed by atoms with van der Waals surface area (Å²) in [6.45, 7) is 1.36. The Morgan fingerprint density at radius 3 is 2.68 bits per heavy atom. The second kappa shape index (κ2) is 6.34. The molecule has 5 nitrogen and oxygen atoms in total. The van der Waals surface area contributed by atoms with Crippen LogP contribution in [0.4, 0.5) is 14.6 Å². The van der Waals surface area contributed by atoms with Crippen LogP contribution in [0.1, 0.15) is 40.9 Å². The predicted molar refractivity (Wildman–Crippen MR) is 77.9 cm³/mol. The van der Waals surface area contributed by atoms with E-state index in [1.807, 2.05) is 0 Å². The van der Waals surface area contributed by atoms with Crippen LogP contribution in [0.15, 0.2) is 0 Å². The Hall–Kier alpha value is -1.47. The number of carbonyl (C=O) groups is 1. The third-order valence-corrected chi connectivity index (χ3v) is 4.30. The summed E-state index contributed by atoms with van der Waals surface area (Å²) in [5.41, 5.74) is 0.321. The highest BCUT2D eigenvalue weighted by molar-refractivity contribution is 6.32. The van der Waals surface area contributed by atoms with Gasteiger partial charge in [0.05, 0.1) is 17.3 Å². The molecule has 22 heavy (non-hydrogen) atoms. The number of pyridine rings is 1. The molecule has 8 heteroatoms. The first-order valence-corrected chi connectivity index (χ1v) is 7.30. The second-order valence-electron chi connectivity index (χ2n) is 5.36. The fourth-order valence-corrected chi connectivity index (χ4v) is 2.79. The molecule has 2 N–H and O–H groups in total. The summed E-state index contributed by atoms with van der Waals surface area (Å²) in [6, 6.07) is 0. The Morgan fingerprint density at radius 1 is 1.41 bits per heavy atom. The van der Waals surface area contributed by atoms with Crippen molar-refractivity contribution in [1.29, 1.82) is 0 Å². The van der Waals surface area contributed by atoms with Crippen LogP contribution in [0.25, 0.3) is 0 Å². The number of alkyl halides is 2. The Bertz CT molecular complexity index is 596. The zero-order valence-electron chi connectivity index (χ0n) is 12.1. The Balaban J connectivity index is 2.49. The number of hydrogen-bond donors (Lipinski definition) is 2. The van der Waals surface area contributed by atoms with Gasteiger partial charge < -0.3 is 15.1 Å². The minimum atomic E-state index is -2.75. The monoisotopic (exact) mass is 334 g/mol. The Labute approximate surface area is 131 Å². The van der Waals surface area contributed by atoms with Crippen LogP contribution in [-0.4, -0.2) is 40.2 Å². The molecule has 0 aliphatic carbocycles. The van der Waals surface area contributed by atoms with Gasteiger partial charge in [0.15, 0.2) is 0 Å². The van der Waals surface area contributed by atoms with Crippen LogP contribution in [0.3, 0.4) is 0 Å². The maximum atomic E-state index is 13.5. The third kappa shape index (κ3) is 3.30. The van der Waals surface area contributed by atoms with E-state index in [0.29, 0.717) is 0 Å². The summed E-state index contributed by atoms with van der Waals surface area (Å²) < 4.78 is 27.0. The van der Waals surface area contributed by atoms with Gasteiger partial charge in [-0.3, -0.25) is 0 Å². The van der Waals surface area contributed by atoms with Crippen LogP contribution in [-0.2, 0) is 6.61 Å². The van der Waals surface area contributed by atoms with Gasteiger partial charge in [0.2, 0.25) is 5.92 Å². The molecule has 0 bridgehead atoms. The molecule has 2 heterocycles. The van der Waals surface area contributed by atoms with Gasteiger partial charge in [-0.25, -0.2) is 18.6 Å². The van der Waals surface area contributed by atoms with Crippen LogP contribution < -0.4 is 4.90 Å². The molecule has 0 unspecified atom stereocenters. The first-order valence-electron chi connectivity index (χ1n) is 6.92. The van der Waals surface area contributed by atoms with Crippen molar-refractivity contribution in [2.75, 3.05) is 18.0 Å². The molecular weight excluding hydrogens is 318 g/mol. The van der Waals surface area contributed by atoms with E-state index in [4.69, 9.17) is 11.6 Å². The summed E-state index contributed by atoms with van der Waals surface area (Å²) in [7, 11) is 0. The molecule has 0 saturated carbocycles. The van der Waals surface area contributed by atoms with Crippen LogP contribution >= 0.6 is 11.6 Å². The van der Waals surface area contributed by atoms with Gasteiger partial charge >= 0.3 is 5.97 Å². The quantitative estimate of drug-likeness (QED) is 0.889. The highest BCUT2D eigenvalue weighted by Crippen LogP contribution is 2.34. The van der Waals surface area contributed by atoms with Crippen molar-refractivity contribution in [2.45, 2.75) is 38.7 Å². The SMILES string of the molecule is Cc1c(Cl)c(CO)nc(N2CCCC(F)(F)CC2)c1C(=O)O. The average Bonchev–Trinajstić information content (AvgIpc) is 2.62. The lowest BCUT2D eigenvalue weighted by atomic mass is 10.1. The lowest BCUT2D eigenvalue weighted by molar-refractivity contribution is -0.0102. The number of aliphatic hydroxyl groups is 1. The molecule has 2 rings (SSSR count). The van der Waals surface area contributed by atoms with E-state index in [9.17, 15) is 23.8 Å². The molecule has 0 spiro atoms. The maximum Gasteiger partial charge on any atom is 0.339 e. The van der Waals surface area contributed by atoms with Gasteiger partial charge in [0.1, 0.15) is 11.4 Å². The normalized spacial score (nSPS) is 18.1. The van der Waals surface area contributed by atoms with Crippen molar-refractivity contribution < 1.29 is 23.8 Å². The molecule has 1 aromatic heterocycles. The standard InChI is InChI=1S/C14H17ClF2N2O3/c1-8-10(13(21)22)12(18-9(7-20)11(8)15)19-5-2-3-14(16,17)4-6-19/h20H,2-7H2,1H3,(H,21,22). The van der Waals surface area contributed by atoms with Gasteiger partial charge in [-0.2, -0.15) is 0 Å². The smallest absolute Gasteiger partial charge is 0.339 e. The molecule has 0 atom stereocenters. The van der Waals surface area contributed by atoms with Crippen LogP contribution in [0.2, 0.25) is 5.02 Å². The van der Waals surface area contributed by atoms with Crippen LogP contribution in [0.5, 0.6) is 0 Å². The summed E-state index contributed by atoms with van der Waals surface area (Å²) >= 11 is 6.01. The lowest BCUT2D eigenvalue weighted by Gasteiger charge is -2.25. The summed E-state index contributed by atoms with van der Waals surface area (Å²) in [6.07, 6.45) is -0.348. The Kier molecular flexibility index (Phi) is 4.87. The van der Waals surface area contributed by atoms with Crippen molar-refractivity contribution in [1.82, 2.24) is 4.98 Å². The maximum absolute atomic E-state index is 13.5. The zero-order chi connectivity index (χ0) is 16.5. The number of aromatic nitrogens is 1. The fourth-order valence-electron chi connectivity index (χ4n) is 2.59. The molecular formula is C14H17ClF2N2O3. The number of aromatic carboxylic acids is 1. The van der Waals surface area contributed by atoms with Gasteiger partial charge in [0.25, 0.3) is 0 Å². The predicted octanol–water partition coefficient (Wildman–Crippen LogP) is 2.86. The van der Waals surface area contributed by atoms with E-state index in [-0.39, 0.29) is 60.0 Å². The third-order valence-electron chi connectivity index (χ3n) is 3.80. The van der Waals surface area contributed by atoms with E-state index < -0.39 is 18.5 Å². The van der Waals surface area contributed by atoms with E-state index in [2.05, 4.69) is 4.98 Å². The molecule has 1 aliphatic rings. The van der Waals surface area contributed by atoms with Gasteiger partial charge in [-0.05, 0) is 18.9 Å². The highest BCUT2D eigenvalue weighted by Gasteiger charge is 2.33. The van der Waals surface area contributed by atoms with E-state index >= 15 is 0 Å². The minimum absolute atomic E-state index is 0.00617. The molecule has 0 radical (unpaired) electrons. The number of hydrogen-bond acceptors (Lipinski definition) is 4. The highest BCUT2D eigenvalue weighted by atomic mass is 35.5. The lowest BCUT2D eigenvalue weighted by Crippen LogP contribution is -2.29. The van der Waals surface area contributed by atoms with Crippen molar-refractivity contribution in [3.05, 3.63) is 21.8 Å². The second-order valence-corrected chi connectivity index (χ2v) is 5.73. The largest absolute Gasteiger partial charge is 0.478 e. The van der Waals surface area contributed by atoms with E-state index in [1.54, 1.807) is 0 Å². The van der Waals surface area contributed by atoms with Gasteiger partial charge in [0, 0.05) is 25.9 Å². The van der Waals surface area contributed by atoms with Crippen LogP contribution in [0, 0.1) is 6.92 Å². The molecule has 1 aromatic rings. The van der Waals surface area contributed by atoms with Crippen molar-refractivity contribution in [3.63, 3.8) is 0 Å². The summed E-state index contributed by atoms with van der Waals surface area (Å²) in [5.74, 6) is -3.88. The van der Waals surface area contributed by atoms with E-state index in [0.717, 1.165) is 0 Å². The average molecular weight is 335 g/mol. The first-order chi connectivity index (χ1) is 10.3.